The molecule has 2 N–H and O–H groups in total. The molecule has 0 spiro atoms. The highest BCUT2D eigenvalue weighted by Gasteiger charge is 2.20. The predicted molar refractivity (Wildman–Crippen MR) is 106 cm³/mol. The van der Waals surface area contributed by atoms with Crippen molar-refractivity contribution in [1.82, 2.24) is 5.32 Å². The average Bonchev–Trinajstić information content (AvgIpc) is 3.09. The number of rotatable bonds is 7. The van der Waals surface area contributed by atoms with Gasteiger partial charge in [-0.05, 0) is 42.6 Å². The summed E-state index contributed by atoms with van der Waals surface area (Å²) in [5, 5.41) is 6.68. The molecule has 0 bridgehead atoms. The van der Waals surface area contributed by atoms with E-state index in [4.69, 9.17) is 11.6 Å². The first-order valence-corrected chi connectivity index (χ1v) is 11.0. The Balaban J connectivity index is 1.97. The fourth-order valence-electron chi connectivity index (χ4n) is 2.09. The van der Waals surface area contributed by atoms with Crippen LogP contribution in [0.25, 0.3) is 0 Å². The maximum atomic E-state index is 12.3. The molecule has 0 saturated heterocycles. The fraction of sp³-hybridized carbons (Fsp3) is 0.235. The van der Waals surface area contributed by atoms with Crippen LogP contribution in [-0.4, -0.2) is 38.7 Å². The molecule has 0 radical (unpaired) electrons. The Kier molecular flexibility index (Phi) is 7.55. The summed E-state index contributed by atoms with van der Waals surface area (Å²) in [6.45, 7) is 1.70. The molecule has 0 unspecified atom stereocenters. The maximum Gasteiger partial charge on any atom is 0.414 e. The molecule has 1 heterocycles. The molecular weight excluding hydrogens is 428 g/mol. The maximum absolute atomic E-state index is 12.3. The third kappa shape index (κ3) is 6.04. The molecule has 28 heavy (non-hydrogen) atoms. The Labute approximate surface area is 170 Å². The van der Waals surface area contributed by atoms with E-state index in [0.717, 1.165) is 11.3 Å². The van der Waals surface area contributed by atoms with Crippen LogP contribution in [0, 0.1) is 0 Å². The number of alkyl carbamates (subject to hydrolysis) is 1. The van der Waals surface area contributed by atoms with E-state index in [-0.39, 0.29) is 28.5 Å². The first kappa shape index (κ1) is 21.9. The molecule has 0 saturated carbocycles. The Morgan fingerprint density at radius 3 is 2.46 bits per heavy atom. The standard InChI is InChI=1S/C17H17ClN2O6S2/c1-2-26-17(23)20-15(22)13-7-9-27-16(13)19-14(21)8-10-28(24,25)12-5-3-11(18)4-6-12/h3-7,9H,2,8,10H2,1H3,(H,19,21)(H,20,22,23). The van der Waals surface area contributed by atoms with E-state index in [1.54, 1.807) is 12.3 Å². The van der Waals surface area contributed by atoms with Gasteiger partial charge in [-0.25, -0.2) is 13.2 Å². The van der Waals surface area contributed by atoms with Gasteiger partial charge in [0.2, 0.25) is 5.91 Å². The van der Waals surface area contributed by atoms with Crippen LogP contribution in [0.15, 0.2) is 40.6 Å². The quantitative estimate of drug-likeness (QED) is 0.677. The Morgan fingerprint density at radius 2 is 1.82 bits per heavy atom. The smallest absolute Gasteiger partial charge is 0.414 e. The number of ether oxygens (including phenoxy) is 1. The number of carbonyl (C=O) groups is 3. The molecular formula is C17H17ClN2O6S2. The third-order valence-electron chi connectivity index (χ3n) is 3.42. The fourth-order valence-corrected chi connectivity index (χ4v) is 4.26. The number of thiophene rings is 1. The zero-order chi connectivity index (χ0) is 20.7. The van der Waals surface area contributed by atoms with Gasteiger partial charge in [-0.2, -0.15) is 0 Å². The van der Waals surface area contributed by atoms with Gasteiger partial charge in [0.1, 0.15) is 5.00 Å². The largest absolute Gasteiger partial charge is 0.450 e. The minimum atomic E-state index is -3.66. The van der Waals surface area contributed by atoms with Gasteiger partial charge in [-0.15, -0.1) is 11.3 Å². The number of imide groups is 1. The topological polar surface area (TPSA) is 119 Å². The number of halogens is 1. The number of anilines is 1. The molecule has 2 aromatic rings. The lowest BCUT2D eigenvalue weighted by Gasteiger charge is -2.08. The summed E-state index contributed by atoms with van der Waals surface area (Å²) in [6.07, 6.45) is -1.20. The monoisotopic (exact) mass is 444 g/mol. The molecule has 1 aromatic heterocycles. The van der Waals surface area contributed by atoms with Gasteiger partial charge in [-0.3, -0.25) is 14.9 Å². The predicted octanol–water partition coefficient (Wildman–Crippen LogP) is 3.09. The molecule has 0 fully saturated rings. The zero-order valence-electron chi connectivity index (χ0n) is 14.7. The summed E-state index contributed by atoms with van der Waals surface area (Å²) < 4.78 is 29.2. The van der Waals surface area contributed by atoms with E-state index in [2.05, 4.69) is 10.1 Å². The van der Waals surface area contributed by atoms with Crippen LogP contribution in [0.4, 0.5) is 9.80 Å². The molecule has 0 atom stereocenters. The highest BCUT2D eigenvalue weighted by Crippen LogP contribution is 2.24. The van der Waals surface area contributed by atoms with Crippen LogP contribution in [0.2, 0.25) is 5.02 Å². The molecule has 0 aliphatic carbocycles. The number of carbonyl (C=O) groups excluding carboxylic acids is 3. The SMILES string of the molecule is CCOC(=O)NC(=O)c1ccsc1NC(=O)CCS(=O)(=O)c1ccc(Cl)cc1. The molecule has 8 nitrogen and oxygen atoms in total. The van der Waals surface area contributed by atoms with Crippen molar-refractivity contribution in [3.63, 3.8) is 0 Å². The summed E-state index contributed by atoms with van der Waals surface area (Å²) in [4.78, 5) is 35.6. The van der Waals surface area contributed by atoms with Crippen molar-refractivity contribution >= 4 is 55.7 Å². The molecule has 150 valence electrons. The molecule has 11 heteroatoms. The second-order valence-electron chi connectivity index (χ2n) is 5.41. The summed E-state index contributed by atoms with van der Waals surface area (Å²) in [7, 11) is -3.66. The molecule has 2 rings (SSSR count). The van der Waals surface area contributed by atoms with Gasteiger partial charge in [0.05, 0.1) is 22.8 Å². The van der Waals surface area contributed by atoms with Crippen molar-refractivity contribution in [2.24, 2.45) is 0 Å². The summed E-state index contributed by atoms with van der Waals surface area (Å²) >= 11 is 6.81. The van der Waals surface area contributed by atoms with Crippen LogP contribution in [0.3, 0.4) is 0 Å². The van der Waals surface area contributed by atoms with E-state index >= 15 is 0 Å². The summed E-state index contributed by atoms with van der Waals surface area (Å²) in [5.74, 6) is -1.72. The van der Waals surface area contributed by atoms with Gasteiger partial charge in [0.15, 0.2) is 9.84 Å². The normalized spacial score (nSPS) is 10.9. The number of amides is 3. The number of hydrogen-bond acceptors (Lipinski definition) is 7. The van der Waals surface area contributed by atoms with Crippen LogP contribution in [-0.2, 0) is 19.4 Å². The van der Waals surface area contributed by atoms with E-state index in [1.165, 1.54) is 30.3 Å². The minimum absolute atomic E-state index is 0.0651. The van der Waals surface area contributed by atoms with Gasteiger partial charge >= 0.3 is 6.09 Å². The van der Waals surface area contributed by atoms with E-state index in [0.29, 0.717) is 5.02 Å². The highest BCUT2D eigenvalue weighted by molar-refractivity contribution is 7.91. The zero-order valence-corrected chi connectivity index (χ0v) is 17.1. The van der Waals surface area contributed by atoms with Gasteiger partial charge in [0.25, 0.3) is 5.91 Å². The Morgan fingerprint density at radius 1 is 1.14 bits per heavy atom. The molecule has 0 aliphatic heterocycles. The highest BCUT2D eigenvalue weighted by atomic mass is 35.5. The number of nitrogens with one attached hydrogen (secondary N) is 2. The number of sulfone groups is 1. The first-order valence-electron chi connectivity index (χ1n) is 8.06. The van der Waals surface area contributed by atoms with Gasteiger partial charge in [-0.1, -0.05) is 11.6 Å². The molecule has 0 aliphatic rings. The van der Waals surface area contributed by atoms with Crippen molar-refractivity contribution in [1.29, 1.82) is 0 Å². The van der Waals surface area contributed by atoms with Crippen molar-refractivity contribution < 1.29 is 27.5 Å². The van der Waals surface area contributed by atoms with Crippen molar-refractivity contribution in [2.45, 2.75) is 18.2 Å². The van der Waals surface area contributed by atoms with Crippen molar-refractivity contribution in [3.05, 3.63) is 46.3 Å². The number of hydrogen-bond donors (Lipinski definition) is 2. The van der Waals surface area contributed by atoms with Gasteiger partial charge in [0, 0.05) is 11.4 Å². The Bertz CT molecular complexity index is 970. The molecule has 1 aromatic carbocycles. The van der Waals surface area contributed by atoms with Crippen LogP contribution in [0.5, 0.6) is 0 Å². The van der Waals surface area contributed by atoms with E-state index < -0.39 is 33.5 Å². The second-order valence-corrected chi connectivity index (χ2v) is 8.87. The van der Waals surface area contributed by atoms with Gasteiger partial charge < -0.3 is 10.1 Å². The number of benzene rings is 1. The van der Waals surface area contributed by atoms with Crippen molar-refractivity contribution in [3.8, 4) is 0 Å². The lowest BCUT2D eigenvalue weighted by atomic mass is 10.3. The third-order valence-corrected chi connectivity index (χ3v) is 6.24. The van der Waals surface area contributed by atoms with E-state index in [9.17, 15) is 22.8 Å². The first-order chi connectivity index (χ1) is 13.2. The molecule has 3 amide bonds. The summed E-state index contributed by atoms with van der Waals surface area (Å²) in [6, 6.07) is 7.07. The minimum Gasteiger partial charge on any atom is -0.450 e. The van der Waals surface area contributed by atoms with Crippen molar-refractivity contribution in [2.75, 3.05) is 17.7 Å². The lowest BCUT2D eigenvalue weighted by molar-refractivity contribution is -0.115. The van der Waals surface area contributed by atoms with Crippen LogP contribution in [0.1, 0.15) is 23.7 Å². The van der Waals surface area contributed by atoms with E-state index in [1.807, 2.05) is 5.32 Å². The second kappa shape index (κ2) is 9.67. The van der Waals surface area contributed by atoms with Crippen LogP contribution < -0.4 is 10.6 Å². The van der Waals surface area contributed by atoms with Crippen LogP contribution >= 0.6 is 22.9 Å². The average molecular weight is 445 g/mol. The lowest BCUT2D eigenvalue weighted by Crippen LogP contribution is -2.31. The Hall–Kier alpha value is -2.43. The summed E-state index contributed by atoms with van der Waals surface area (Å²) in [5.41, 5.74) is 0.0759.